The zero-order chi connectivity index (χ0) is 22.0. The van der Waals surface area contributed by atoms with Gasteiger partial charge in [-0.3, -0.25) is 14.2 Å². The Balaban J connectivity index is 1.47. The van der Waals surface area contributed by atoms with Crippen LogP contribution < -0.4 is 15.8 Å². The van der Waals surface area contributed by atoms with Crippen LogP contribution in [0, 0.1) is 0 Å². The molecule has 2 aromatic heterocycles. The normalized spacial score (nSPS) is 14.0. The second kappa shape index (κ2) is 8.55. The standard InChI is InChI=1S/C22H24N6O3/c1-3-28-19-18(8-5-9-23-19)25-20(21(28)30)26-10-12-27(13-11-26)22(31)24-17-7-4-6-16(14-17)15(2)29/h4-9,14H,3,10-13H2,1-2H3,(H,24,31). The number of fused-ring (bicyclic) bond motifs is 1. The number of pyridine rings is 1. The molecule has 1 N–H and O–H groups in total. The Morgan fingerprint density at radius 3 is 2.58 bits per heavy atom. The summed E-state index contributed by atoms with van der Waals surface area (Å²) in [5.41, 5.74) is 2.20. The van der Waals surface area contributed by atoms with E-state index in [-0.39, 0.29) is 17.4 Å². The largest absolute Gasteiger partial charge is 0.348 e. The zero-order valence-electron chi connectivity index (χ0n) is 17.5. The molecule has 0 unspecified atom stereocenters. The summed E-state index contributed by atoms with van der Waals surface area (Å²) in [6.45, 7) is 5.81. The molecule has 1 aromatic carbocycles. The lowest BCUT2D eigenvalue weighted by Crippen LogP contribution is -2.51. The number of hydrogen-bond donors (Lipinski definition) is 1. The molecule has 1 aliphatic heterocycles. The van der Waals surface area contributed by atoms with Crippen LogP contribution in [0.1, 0.15) is 24.2 Å². The fourth-order valence-corrected chi connectivity index (χ4v) is 3.70. The summed E-state index contributed by atoms with van der Waals surface area (Å²) in [5.74, 6) is 0.331. The van der Waals surface area contributed by atoms with E-state index in [2.05, 4.69) is 15.3 Å². The summed E-state index contributed by atoms with van der Waals surface area (Å²) in [7, 11) is 0. The lowest BCUT2D eigenvalue weighted by atomic mass is 10.1. The maximum absolute atomic E-state index is 13.0. The van der Waals surface area contributed by atoms with Crippen LogP contribution in [-0.2, 0) is 6.54 Å². The van der Waals surface area contributed by atoms with Crippen molar-refractivity contribution in [3.8, 4) is 0 Å². The number of nitrogens with zero attached hydrogens (tertiary/aromatic N) is 5. The maximum Gasteiger partial charge on any atom is 0.321 e. The highest BCUT2D eigenvalue weighted by Gasteiger charge is 2.25. The molecule has 0 aliphatic carbocycles. The quantitative estimate of drug-likeness (QED) is 0.651. The molecule has 0 spiro atoms. The van der Waals surface area contributed by atoms with Gasteiger partial charge in [-0.15, -0.1) is 0 Å². The van der Waals surface area contributed by atoms with E-state index in [1.165, 1.54) is 6.92 Å². The number of amides is 2. The van der Waals surface area contributed by atoms with Crippen molar-refractivity contribution in [3.05, 3.63) is 58.5 Å². The Hall–Kier alpha value is -3.75. The number of urea groups is 1. The van der Waals surface area contributed by atoms with Gasteiger partial charge in [0.05, 0.1) is 0 Å². The fraction of sp³-hybridized carbons (Fsp3) is 0.318. The molecule has 0 bridgehead atoms. The molecule has 1 aliphatic rings. The minimum Gasteiger partial charge on any atom is -0.348 e. The number of carbonyl (C=O) groups is 2. The van der Waals surface area contributed by atoms with Crippen molar-refractivity contribution in [2.24, 2.45) is 0 Å². The van der Waals surface area contributed by atoms with Gasteiger partial charge in [0.25, 0.3) is 5.56 Å². The third kappa shape index (κ3) is 4.11. The summed E-state index contributed by atoms with van der Waals surface area (Å²) in [4.78, 5) is 49.6. The summed E-state index contributed by atoms with van der Waals surface area (Å²) >= 11 is 0. The molecule has 2 amide bonds. The fourth-order valence-electron chi connectivity index (χ4n) is 3.70. The highest BCUT2D eigenvalue weighted by molar-refractivity contribution is 5.96. The molecule has 3 aromatic rings. The molecule has 3 heterocycles. The zero-order valence-corrected chi connectivity index (χ0v) is 17.5. The molecule has 9 heteroatoms. The lowest BCUT2D eigenvalue weighted by Gasteiger charge is -2.35. The van der Waals surface area contributed by atoms with Gasteiger partial charge in [-0.25, -0.2) is 14.8 Å². The van der Waals surface area contributed by atoms with Crippen LogP contribution in [0.2, 0.25) is 0 Å². The highest BCUT2D eigenvalue weighted by Crippen LogP contribution is 2.16. The Morgan fingerprint density at radius 2 is 1.87 bits per heavy atom. The van der Waals surface area contributed by atoms with E-state index in [1.54, 1.807) is 46.0 Å². The predicted molar refractivity (Wildman–Crippen MR) is 119 cm³/mol. The van der Waals surface area contributed by atoms with E-state index in [9.17, 15) is 14.4 Å². The van der Waals surface area contributed by atoms with Crippen LogP contribution in [0.4, 0.5) is 16.3 Å². The maximum atomic E-state index is 13.0. The van der Waals surface area contributed by atoms with Crippen molar-refractivity contribution in [3.63, 3.8) is 0 Å². The van der Waals surface area contributed by atoms with Crippen LogP contribution >= 0.6 is 0 Å². The van der Waals surface area contributed by atoms with Gasteiger partial charge in [-0.1, -0.05) is 12.1 Å². The van der Waals surface area contributed by atoms with E-state index < -0.39 is 0 Å². The van der Waals surface area contributed by atoms with E-state index in [0.29, 0.717) is 61.0 Å². The van der Waals surface area contributed by atoms with Gasteiger partial charge in [0.2, 0.25) is 0 Å². The molecule has 1 fully saturated rings. The number of piperazine rings is 1. The number of rotatable bonds is 4. The number of benzene rings is 1. The number of nitrogens with one attached hydrogen (secondary N) is 1. The molecule has 0 atom stereocenters. The Bertz CT molecular complexity index is 1200. The summed E-state index contributed by atoms with van der Waals surface area (Å²) in [5, 5.41) is 2.84. The van der Waals surface area contributed by atoms with Crippen LogP contribution in [0.5, 0.6) is 0 Å². The molecular formula is C22H24N6O3. The van der Waals surface area contributed by atoms with E-state index in [4.69, 9.17) is 0 Å². The van der Waals surface area contributed by atoms with Crippen LogP contribution in [-0.4, -0.2) is 57.4 Å². The van der Waals surface area contributed by atoms with E-state index in [1.807, 2.05) is 17.9 Å². The van der Waals surface area contributed by atoms with Gasteiger partial charge in [0.15, 0.2) is 17.2 Å². The molecule has 0 radical (unpaired) electrons. The number of Topliss-reactive ketones (excluding diaryl/α,β-unsaturated/α-hetero) is 1. The highest BCUT2D eigenvalue weighted by atomic mass is 16.2. The molecule has 31 heavy (non-hydrogen) atoms. The van der Waals surface area contributed by atoms with Crippen molar-refractivity contribution in [2.75, 3.05) is 36.4 Å². The van der Waals surface area contributed by atoms with Gasteiger partial charge in [0, 0.05) is 50.2 Å². The van der Waals surface area contributed by atoms with Gasteiger partial charge in [-0.05, 0) is 38.1 Å². The van der Waals surface area contributed by atoms with E-state index in [0.717, 1.165) is 0 Å². The van der Waals surface area contributed by atoms with Crippen molar-refractivity contribution in [1.29, 1.82) is 0 Å². The SMILES string of the molecule is CCn1c(=O)c(N2CCN(C(=O)Nc3cccc(C(C)=O)c3)CC2)nc2cccnc21. The first-order chi connectivity index (χ1) is 15.0. The Labute approximate surface area is 179 Å². The van der Waals surface area contributed by atoms with Crippen molar-refractivity contribution in [1.82, 2.24) is 19.4 Å². The van der Waals surface area contributed by atoms with Crippen molar-refractivity contribution in [2.45, 2.75) is 20.4 Å². The minimum absolute atomic E-state index is 0.0551. The first kappa shape index (κ1) is 20.5. The first-order valence-corrected chi connectivity index (χ1v) is 10.3. The van der Waals surface area contributed by atoms with Gasteiger partial charge >= 0.3 is 6.03 Å². The molecule has 4 rings (SSSR count). The summed E-state index contributed by atoms with van der Waals surface area (Å²) in [6.07, 6.45) is 1.65. The van der Waals surface area contributed by atoms with Crippen LogP contribution in [0.25, 0.3) is 11.2 Å². The predicted octanol–water partition coefficient (Wildman–Crippen LogP) is 2.37. The molecule has 9 nitrogen and oxygen atoms in total. The number of aryl methyl sites for hydroxylation is 1. The number of aromatic nitrogens is 3. The Morgan fingerprint density at radius 1 is 1.10 bits per heavy atom. The molecule has 1 saturated heterocycles. The third-order valence-electron chi connectivity index (χ3n) is 5.39. The average molecular weight is 420 g/mol. The average Bonchev–Trinajstić information content (AvgIpc) is 2.79. The molecular weight excluding hydrogens is 396 g/mol. The number of ketones is 1. The van der Waals surface area contributed by atoms with E-state index >= 15 is 0 Å². The first-order valence-electron chi connectivity index (χ1n) is 10.3. The summed E-state index contributed by atoms with van der Waals surface area (Å²) < 4.78 is 1.62. The Kier molecular flexibility index (Phi) is 5.66. The van der Waals surface area contributed by atoms with Gasteiger partial charge in [0.1, 0.15) is 5.52 Å². The monoisotopic (exact) mass is 420 g/mol. The third-order valence-corrected chi connectivity index (χ3v) is 5.39. The van der Waals surface area contributed by atoms with Crippen molar-refractivity contribution >= 4 is 34.5 Å². The smallest absolute Gasteiger partial charge is 0.321 e. The number of hydrogen-bond acceptors (Lipinski definition) is 6. The minimum atomic E-state index is -0.234. The molecule has 160 valence electrons. The van der Waals surface area contributed by atoms with Gasteiger partial charge < -0.3 is 15.1 Å². The van der Waals surface area contributed by atoms with Crippen molar-refractivity contribution < 1.29 is 9.59 Å². The van der Waals surface area contributed by atoms with Crippen LogP contribution in [0.3, 0.4) is 0 Å². The summed E-state index contributed by atoms with van der Waals surface area (Å²) in [6, 6.07) is 10.3. The van der Waals surface area contributed by atoms with Gasteiger partial charge in [-0.2, -0.15) is 0 Å². The lowest BCUT2D eigenvalue weighted by molar-refractivity contribution is 0.101. The molecule has 0 saturated carbocycles. The second-order valence-corrected chi connectivity index (χ2v) is 7.37. The number of carbonyl (C=O) groups excluding carboxylic acids is 2. The second-order valence-electron chi connectivity index (χ2n) is 7.37. The topological polar surface area (TPSA) is 100 Å². The van der Waals surface area contributed by atoms with Crippen LogP contribution in [0.15, 0.2) is 47.4 Å². The number of anilines is 2.